The Labute approximate surface area is 106 Å². The second kappa shape index (κ2) is 6.72. The summed E-state index contributed by atoms with van der Waals surface area (Å²) >= 11 is 0. The third kappa shape index (κ3) is 3.67. The summed E-state index contributed by atoms with van der Waals surface area (Å²) in [7, 11) is 2.29. The van der Waals surface area contributed by atoms with Gasteiger partial charge in [0.25, 0.3) is 0 Å². The largest absolute Gasteiger partial charge is 0.381 e. The van der Waals surface area contributed by atoms with Gasteiger partial charge in [0.15, 0.2) is 0 Å². The molecule has 2 unspecified atom stereocenters. The fourth-order valence-electron chi connectivity index (χ4n) is 2.87. The molecule has 100 valence electrons. The molecule has 2 atom stereocenters. The molecule has 1 heterocycles. The quantitative estimate of drug-likeness (QED) is 0.735. The van der Waals surface area contributed by atoms with E-state index in [0.29, 0.717) is 6.04 Å². The van der Waals surface area contributed by atoms with Crippen molar-refractivity contribution in [1.82, 2.24) is 10.2 Å². The molecule has 1 aliphatic carbocycles. The third-order valence-electron chi connectivity index (χ3n) is 4.37. The molecule has 1 saturated heterocycles. The van der Waals surface area contributed by atoms with Crippen LogP contribution in [0.1, 0.15) is 39.0 Å². The number of likely N-dealkylation sites (N-methyl/N-ethyl adjacent to an activating group) is 1. The molecule has 2 aliphatic rings. The summed E-state index contributed by atoms with van der Waals surface area (Å²) in [4.78, 5) is 2.56. The molecule has 3 nitrogen and oxygen atoms in total. The van der Waals surface area contributed by atoms with Gasteiger partial charge in [-0.25, -0.2) is 0 Å². The molecule has 0 aromatic heterocycles. The molecule has 0 aromatic rings. The summed E-state index contributed by atoms with van der Waals surface area (Å²) in [6.07, 6.45) is 6.68. The lowest BCUT2D eigenvalue weighted by atomic mass is 9.90. The molecule has 1 N–H and O–H groups in total. The van der Waals surface area contributed by atoms with Gasteiger partial charge >= 0.3 is 0 Å². The zero-order chi connectivity index (χ0) is 12.1. The summed E-state index contributed by atoms with van der Waals surface area (Å²) < 4.78 is 5.54. The Hall–Kier alpha value is -0.120. The van der Waals surface area contributed by atoms with E-state index in [9.17, 15) is 0 Å². The number of ether oxygens (including phenoxy) is 1. The highest BCUT2D eigenvalue weighted by Crippen LogP contribution is 2.25. The van der Waals surface area contributed by atoms with Crippen LogP contribution in [0, 0.1) is 5.92 Å². The summed E-state index contributed by atoms with van der Waals surface area (Å²) in [5.41, 5.74) is 0. The molecule has 17 heavy (non-hydrogen) atoms. The molecular weight excluding hydrogens is 212 g/mol. The van der Waals surface area contributed by atoms with E-state index in [-0.39, 0.29) is 0 Å². The van der Waals surface area contributed by atoms with Crippen LogP contribution >= 0.6 is 0 Å². The predicted molar refractivity (Wildman–Crippen MR) is 71.3 cm³/mol. The number of hydrogen-bond acceptors (Lipinski definition) is 3. The van der Waals surface area contributed by atoms with Crippen LogP contribution in [0.5, 0.6) is 0 Å². The summed E-state index contributed by atoms with van der Waals surface area (Å²) in [6.45, 7) is 6.49. The monoisotopic (exact) mass is 240 g/mol. The lowest BCUT2D eigenvalue weighted by molar-refractivity contribution is 0.122. The van der Waals surface area contributed by atoms with Gasteiger partial charge in [0, 0.05) is 31.2 Å². The molecule has 2 fully saturated rings. The SMILES string of the molecule is CCCNC(CN(C)C1CCC1)C1CCOC1. The van der Waals surface area contributed by atoms with Crippen molar-refractivity contribution in [3.05, 3.63) is 0 Å². The first-order chi connectivity index (χ1) is 8.31. The zero-order valence-electron chi connectivity index (χ0n) is 11.5. The minimum Gasteiger partial charge on any atom is -0.381 e. The highest BCUT2D eigenvalue weighted by atomic mass is 16.5. The van der Waals surface area contributed by atoms with Gasteiger partial charge in [0.1, 0.15) is 0 Å². The predicted octanol–water partition coefficient (Wildman–Crippen LogP) is 1.88. The molecule has 1 saturated carbocycles. The average molecular weight is 240 g/mol. The molecule has 0 amide bonds. The molecule has 2 rings (SSSR count). The van der Waals surface area contributed by atoms with Gasteiger partial charge in [-0.1, -0.05) is 13.3 Å². The van der Waals surface area contributed by atoms with E-state index in [0.717, 1.165) is 31.7 Å². The van der Waals surface area contributed by atoms with Crippen molar-refractivity contribution in [2.75, 3.05) is 33.4 Å². The van der Waals surface area contributed by atoms with Crippen molar-refractivity contribution in [3.63, 3.8) is 0 Å². The Bertz CT molecular complexity index is 212. The van der Waals surface area contributed by atoms with E-state index >= 15 is 0 Å². The lowest BCUT2D eigenvalue weighted by Crippen LogP contribution is -2.49. The van der Waals surface area contributed by atoms with Crippen molar-refractivity contribution in [3.8, 4) is 0 Å². The first-order valence-corrected chi connectivity index (χ1v) is 7.32. The number of nitrogens with one attached hydrogen (secondary N) is 1. The van der Waals surface area contributed by atoms with Gasteiger partial charge < -0.3 is 15.0 Å². The summed E-state index contributed by atoms with van der Waals surface area (Å²) in [5, 5.41) is 3.72. The normalized spacial score (nSPS) is 27.4. The molecule has 1 aliphatic heterocycles. The average Bonchev–Trinajstić information content (AvgIpc) is 2.74. The fourth-order valence-corrected chi connectivity index (χ4v) is 2.87. The second-order valence-corrected chi connectivity index (χ2v) is 5.71. The fraction of sp³-hybridized carbons (Fsp3) is 1.00. The maximum atomic E-state index is 5.54. The van der Waals surface area contributed by atoms with Gasteiger partial charge in [-0.3, -0.25) is 0 Å². The topological polar surface area (TPSA) is 24.5 Å². The highest BCUT2D eigenvalue weighted by Gasteiger charge is 2.29. The van der Waals surface area contributed by atoms with Crippen molar-refractivity contribution < 1.29 is 4.74 Å². The molecule has 0 bridgehead atoms. The van der Waals surface area contributed by atoms with Crippen molar-refractivity contribution in [2.45, 2.75) is 51.1 Å². The standard InChI is InChI=1S/C14H28N2O/c1-3-8-15-14(12-7-9-17-11-12)10-16(2)13-5-4-6-13/h12-15H,3-11H2,1-2H3. The van der Waals surface area contributed by atoms with Gasteiger partial charge in [-0.2, -0.15) is 0 Å². The maximum absolute atomic E-state index is 5.54. The van der Waals surface area contributed by atoms with Gasteiger partial charge in [-0.05, 0) is 39.3 Å². The summed E-state index contributed by atoms with van der Waals surface area (Å²) in [6, 6.07) is 1.48. The van der Waals surface area contributed by atoms with E-state index in [4.69, 9.17) is 4.74 Å². The van der Waals surface area contributed by atoms with Crippen LogP contribution < -0.4 is 5.32 Å². The first-order valence-electron chi connectivity index (χ1n) is 7.32. The van der Waals surface area contributed by atoms with Crippen LogP contribution in [-0.2, 0) is 4.74 Å². The van der Waals surface area contributed by atoms with Crippen molar-refractivity contribution in [1.29, 1.82) is 0 Å². The van der Waals surface area contributed by atoms with Gasteiger partial charge in [-0.15, -0.1) is 0 Å². The van der Waals surface area contributed by atoms with Crippen molar-refractivity contribution in [2.24, 2.45) is 5.92 Å². The first kappa shape index (κ1) is 13.3. The van der Waals surface area contributed by atoms with E-state index in [1.54, 1.807) is 0 Å². The minimum absolute atomic E-state index is 0.628. The number of hydrogen-bond donors (Lipinski definition) is 1. The molecule has 0 radical (unpaired) electrons. The van der Waals surface area contributed by atoms with Gasteiger partial charge in [0.05, 0.1) is 6.61 Å². The highest BCUT2D eigenvalue weighted by molar-refractivity contribution is 4.85. The van der Waals surface area contributed by atoms with Crippen LogP contribution in [0.3, 0.4) is 0 Å². The Balaban J connectivity index is 1.80. The number of nitrogens with zero attached hydrogens (tertiary/aromatic N) is 1. The Morgan fingerprint density at radius 1 is 1.35 bits per heavy atom. The van der Waals surface area contributed by atoms with Crippen LogP contribution in [0.4, 0.5) is 0 Å². The van der Waals surface area contributed by atoms with Crippen LogP contribution in [0.2, 0.25) is 0 Å². The van der Waals surface area contributed by atoms with Crippen molar-refractivity contribution >= 4 is 0 Å². The number of rotatable bonds is 7. The van der Waals surface area contributed by atoms with Crippen LogP contribution in [0.15, 0.2) is 0 Å². The molecule has 0 spiro atoms. The van der Waals surface area contributed by atoms with E-state index < -0.39 is 0 Å². The smallest absolute Gasteiger partial charge is 0.0510 e. The Morgan fingerprint density at radius 3 is 2.71 bits per heavy atom. The third-order valence-corrected chi connectivity index (χ3v) is 4.37. The van der Waals surface area contributed by atoms with E-state index in [2.05, 4.69) is 24.2 Å². The zero-order valence-corrected chi connectivity index (χ0v) is 11.5. The Morgan fingerprint density at radius 2 is 2.18 bits per heavy atom. The van der Waals surface area contributed by atoms with Crippen LogP contribution in [0.25, 0.3) is 0 Å². The summed E-state index contributed by atoms with van der Waals surface area (Å²) in [5.74, 6) is 0.726. The molecular formula is C14H28N2O. The van der Waals surface area contributed by atoms with Gasteiger partial charge in [0.2, 0.25) is 0 Å². The van der Waals surface area contributed by atoms with Crippen LogP contribution in [-0.4, -0.2) is 50.3 Å². The molecule has 0 aromatic carbocycles. The second-order valence-electron chi connectivity index (χ2n) is 5.71. The Kier molecular flexibility index (Phi) is 5.26. The molecule has 3 heteroatoms. The lowest BCUT2D eigenvalue weighted by Gasteiger charge is -2.38. The maximum Gasteiger partial charge on any atom is 0.0510 e. The van der Waals surface area contributed by atoms with E-state index in [1.165, 1.54) is 38.6 Å². The van der Waals surface area contributed by atoms with E-state index in [1.807, 2.05) is 0 Å². The minimum atomic E-state index is 0.628.